The molecule has 5 aromatic rings. The molecule has 1 aliphatic carbocycles. The van der Waals surface area contributed by atoms with Crippen molar-refractivity contribution in [2.45, 2.75) is 12.8 Å². The van der Waals surface area contributed by atoms with Crippen LogP contribution in [-0.2, 0) is 5.92 Å². The number of nitrogens with zero attached hydrogens (tertiary/aromatic N) is 2. The van der Waals surface area contributed by atoms with Crippen molar-refractivity contribution in [2.75, 3.05) is 0 Å². The SMILES string of the molecule is Cc1nc2ccc(-c3ccc4c(c3)C(F)(F)c3cc(-c5cnc[nH]5)ccc3-4)cc2[nH]1. The second-order valence-corrected chi connectivity index (χ2v) is 7.61. The van der Waals surface area contributed by atoms with Crippen molar-refractivity contribution in [1.29, 1.82) is 0 Å². The van der Waals surface area contributed by atoms with Crippen molar-refractivity contribution in [2.24, 2.45) is 0 Å². The van der Waals surface area contributed by atoms with E-state index in [1.54, 1.807) is 36.8 Å². The molecule has 0 fully saturated rings. The van der Waals surface area contributed by atoms with Crippen LogP contribution in [0.4, 0.5) is 8.78 Å². The maximum atomic E-state index is 15.5. The van der Waals surface area contributed by atoms with Gasteiger partial charge in [-0.25, -0.2) is 9.97 Å². The average molecular weight is 398 g/mol. The lowest BCUT2D eigenvalue weighted by Gasteiger charge is -2.14. The summed E-state index contributed by atoms with van der Waals surface area (Å²) < 4.78 is 30.9. The number of alkyl halides is 2. The number of rotatable bonds is 2. The molecule has 0 saturated heterocycles. The van der Waals surface area contributed by atoms with E-state index in [1.165, 1.54) is 0 Å². The van der Waals surface area contributed by atoms with Crippen LogP contribution in [0, 0.1) is 6.92 Å². The molecule has 0 atom stereocenters. The van der Waals surface area contributed by atoms with Gasteiger partial charge < -0.3 is 9.97 Å². The van der Waals surface area contributed by atoms with E-state index >= 15 is 8.78 Å². The van der Waals surface area contributed by atoms with Crippen LogP contribution in [0.25, 0.3) is 44.5 Å². The van der Waals surface area contributed by atoms with Crippen LogP contribution in [0.1, 0.15) is 17.0 Å². The quantitative estimate of drug-likeness (QED) is 0.380. The normalized spacial score (nSPS) is 14.1. The van der Waals surface area contributed by atoms with Gasteiger partial charge in [0.25, 0.3) is 5.92 Å². The molecule has 1 aliphatic rings. The molecule has 2 aromatic heterocycles. The van der Waals surface area contributed by atoms with Crippen LogP contribution >= 0.6 is 0 Å². The molecule has 30 heavy (non-hydrogen) atoms. The van der Waals surface area contributed by atoms with E-state index in [4.69, 9.17) is 0 Å². The summed E-state index contributed by atoms with van der Waals surface area (Å²) in [5.41, 5.74) is 6.01. The molecule has 2 heterocycles. The van der Waals surface area contributed by atoms with Gasteiger partial charge in [0.1, 0.15) is 5.82 Å². The Hall–Kier alpha value is -3.80. The van der Waals surface area contributed by atoms with Gasteiger partial charge >= 0.3 is 0 Å². The van der Waals surface area contributed by atoms with Gasteiger partial charge in [0.2, 0.25) is 0 Å². The summed E-state index contributed by atoms with van der Waals surface area (Å²) in [5, 5.41) is 0. The van der Waals surface area contributed by atoms with E-state index in [0.717, 1.165) is 28.0 Å². The van der Waals surface area contributed by atoms with Gasteiger partial charge in [0, 0.05) is 16.7 Å². The fraction of sp³-hybridized carbons (Fsp3) is 0.0833. The first kappa shape index (κ1) is 17.1. The smallest absolute Gasteiger partial charge is 0.299 e. The number of hydrogen-bond donors (Lipinski definition) is 2. The van der Waals surface area contributed by atoms with E-state index in [0.29, 0.717) is 22.4 Å². The topological polar surface area (TPSA) is 57.4 Å². The van der Waals surface area contributed by atoms with E-state index in [1.807, 2.05) is 37.3 Å². The number of H-pyrrole nitrogens is 2. The Morgan fingerprint density at radius 1 is 0.833 bits per heavy atom. The van der Waals surface area contributed by atoms with Crippen molar-refractivity contribution in [1.82, 2.24) is 19.9 Å². The van der Waals surface area contributed by atoms with Crippen molar-refractivity contribution in [3.63, 3.8) is 0 Å². The Kier molecular flexibility index (Phi) is 3.34. The molecular weight excluding hydrogens is 382 g/mol. The van der Waals surface area contributed by atoms with Crippen LogP contribution in [0.5, 0.6) is 0 Å². The molecule has 146 valence electrons. The molecular formula is C24H16F2N4. The lowest BCUT2D eigenvalue weighted by molar-refractivity contribution is 0.0481. The number of benzene rings is 3. The van der Waals surface area contributed by atoms with Crippen LogP contribution in [0.3, 0.4) is 0 Å². The van der Waals surface area contributed by atoms with Crippen LogP contribution in [0.2, 0.25) is 0 Å². The first-order valence-electron chi connectivity index (χ1n) is 9.63. The van der Waals surface area contributed by atoms with Crippen LogP contribution in [-0.4, -0.2) is 19.9 Å². The third-order valence-electron chi connectivity index (χ3n) is 5.75. The summed E-state index contributed by atoms with van der Waals surface area (Å²) in [6, 6.07) is 16.3. The Bertz CT molecular complexity index is 1430. The second-order valence-electron chi connectivity index (χ2n) is 7.61. The minimum atomic E-state index is -3.06. The van der Waals surface area contributed by atoms with Gasteiger partial charge in [-0.05, 0) is 53.4 Å². The van der Waals surface area contributed by atoms with Gasteiger partial charge in [-0.1, -0.05) is 30.3 Å². The molecule has 2 N–H and O–H groups in total. The minimum absolute atomic E-state index is 0.0291. The molecule has 4 nitrogen and oxygen atoms in total. The van der Waals surface area contributed by atoms with Gasteiger partial charge in [-0.2, -0.15) is 8.78 Å². The number of nitrogens with one attached hydrogen (secondary N) is 2. The lowest BCUT2D eigenvalue weighted by atomic mass is 9.98. The highest BCUT2D eigenvalue weighted by molar-refractivity contribution is 5.86. The summed E-state index contributed by atoms with van der Waals surface area (Å²) in [7, 11) is 0. The highest BCUT2D eigenvalue weighted by atomic mass is 19.3. The molecule has 0 amide bonds. The molecule has 6 heteroatoms. The van der Waals surface area contributed by atoms with Crippen LogP contribution < -0.4 is 0 Å². The minimum Gasteiger partial charge on any atom is -0.345 e. The Balaban J connectivity index is 1.48. The zero-order valence-electron chi connectivity index (χ0n) is 16.0. The summed E-state index contributed by atoms with van der Waals surface area (Å²) in [5.74, 6) is -2.24. The Morgan fingerprint density at radius 2 is 1.50 bits per heavy atom. The zero-order chi connectivity index (χ0) is 20.5. The maximum Gasteiger partial charge on any atom is 0.299 e. The van der Waals surface area contributed by atoms with Crippen molar-refractivity contribution in [3.05, 3.63) is 84.1 Å². The molecule has 0 saturated carbocycles. The van der Waals surface area contributed by atoms with Crippen molar-refractivity contribution < 1.29 is 8.78 Å². The van der Waals surface area contributed by atoms with Crippen LogP contribution in [0.15, 0.2) is 67.1 Å². The maximum absolute atomic E-state index is 15.5. The van der Waals surface area contributed by atoms with Crippen molar-refractivity contribution >= 4 is 11.0 Å². The first-order valence-corrected chi connectivity index (χ1v) is 9.63. The number of imidazole rings is 2. The second kappa shape index (κ2) is 5.86. The Morgan fingerprint density at radius 3 is 2.23 bits per heavy atom. The predicted molar refractivity (Wildman–Crippen MR) is 112 cm³/mol. The monoisotopic (exact) mass is 398 g/mol. The van der Waals surface area contributed by atoms with Gasteiger partial charge in [-0.15, -0.1) is 0 Å². The summed E-state index contributed by atoms with van der Waals surface area (Å²) in [6.07, 6.45) is 3.17. The third kappa shape index (κ3) is 2.37. The number of aryl methyl sites for hydroxylation is 1. The average Bonchev–Trinajstić information content (AvgIpc) is 3.45. The van der Waals surface area contributed by atoms with Crippen molar-refractivity contribution in [3.8, 4) is 33.5 Å². The number of hydrogen-bond acceptors (Lipinski definition) is 2. The molecule has 0 unspecified atom stereocenters. The fourth-order valence-electron chi connectivity index (χ4n) is 4.30. The van der Waals surface area contributed by atoms with Gasteiger partial charge in [0.15, 0.2) is 0 Å². The molecule has 0 aliphatic heterocycles. The number of aromatic amines is 2. The third-order valence-corrected chi connectivity index (χ3v) is 5.75. The largest absolute Gasteiger partial charge is 0.345 e. The van der Waals surface area contributed by atoms with E-state index in [-0.39, 0.29) is 11.1 Å². The fourth-order valence-corrected chi connectivity index (χ4v) is 4.30. The molecule has 6 rings (SSSR count). The Labute approximate surface area is 170 Å². The number of fused-ring (bicyclic) bond motifs is 4. The van der Waals surface area contributed by atoms with E-state index in [2.05, 4.69) is 19.9 Å². The summed E-state index contributed by atoms with van der Waals surface area (Å²) in [4.78, 5) is 14.6. The molecule has 0 spiro atoms. The zero-order valence-corrected chi connectivity index (χ0v) is 16.0. The standard InChI is InChI=1S/C24H16F2N4/c1-13-29-21-7-4-15(10-22(21)30-13)14-2-5-17-18-6-3-16(23-11-27-12-28-23)9-20(18)24(25,26)19(17)8-14/h2-12H,1H3,(H,27,28)(H,29,30). The van der Waals surface area contributed by atoms with E-state index in [9.17, 15) is 0 Å². The molecule has 0 radical (unpaired) electrons. The summed E-state index contributed by atoms with van der Waals surface area (Å²) >= 11 is 0. The molecule has 0 bridgehead atoms. The predicted octanol–water partition coefficient (Wildman–Crippen LogP) is 6.05. The van der Waals surface area contributed by atoms with Gasteiger partial charge in [-0.3, -0.25) is 0 Å². The number of halogens is 2. The summed E-state index contributed by atoms with van der Waals surface area (Å²) in [6.45, 7) is 1.89. The highest BCUT2D eigenvalue weighted by Gasteiger charge is 2.44. The number of aromatic nitrogens is 4. The highest BCUT2D eigenvalue weighted by Crippen LogP contribution is 2.52. The molecule has 3 aromatic carbocycles. The van der Waals surface area contributed by atoms with Gasteiger partial charge in [0.05, 0.1) is 29.3 Å². The lowest BCUT2D eigenvalue weighted by Crippen LogP contribution is -2.11. The first-order chi connectivity index (χ1) is 14.5. The van der Waals surface area contributed by atoms with E-state index < -0.39 is 5.92 Å².